The molecule has 0 aliphatic rings. The SMILES string of the molecule is O=[N+]([O-])c1cnc(/C=N\O)[nH]1. The molecule has 0 aliphatic heterocycles. The smallest absolute Gasteiger partial charge is 0.340 e. The summed E-state index contributed by atoms with van der Waals surface area (Å²) in [6.07, 6.45) is 2.00. The first-order chi connectivity index (χ1) is 5.24. The van der Waals surface area contributed by atoms with Crippen molar-refractivity contribution in [2.45, 2.75) is 0 Å². The van der Waals surface area contributed by atoms with Crippen LogP contribution in [0.3, 0.4) is 0 Å². The van der Waals surface area contributed by atoms with Crippen LogP contribution in [-0.4, -0.2) is 26.3 Å². The summed E-state index contributed by atoms with van der Waals surface area (Å²) in [5.74, 6) is -0.0981. The molecule has 0 saturated carbocycles. The van der Waals surface area contributed by atoms with Crippen molar-refractivity contribution in [3.8, 4) is 0 Å². The minimum absolute atomic E-state index is 0.138. The molecular formula is C4H4N4O3. The molecular weight excluding hydrogens is 152 g/mol. The van der Waals surface area contributed by atoms with Crippen LogP contribution in [0.15, 0.2) is 11.4 Å². The summed E-state index contributed by atoms with van der Waals surface area (Å²) in [5.41, 5.74) is 0. The zero-order valence-corrected chi connectivity index (χ0v) is 5.26. The van der Waals surface area contributed by atoms with Crippen molar-refractivity contribution >= 4 is 12.0 Å². The fourth-order valence-electron chi connectivity index (χ4n) is 0.540. The lowest BCUT2D eigenvalue weighted by atomic mass is 10.7. The Labute approximate surface area is 60.5 Å². The second-order valence-electron chi connectivity index (χ2n) is 1.66. The Balaban J connectivity index is 2.90. The molecule has 7 nitrogen and oxygen atoms in total. The van der Waals surface area contributed by atoms with E-state index in [2.05, 4.69) is 15.1 Å². The lowest BCUT2D eigenvalue weighted by molar-refractivity contribution is -0.389. The molecule has 1 aromatic rings. The topological polar surface area (TPSA) is 104 Å². The van der Waals surface area contributed by atoms with E-state index in [-0.39, 0.29) is 11.6 Å². The molecule has 11 heavy (non-hydrogen) atoms. The number of nitrogens with one attached hydrogen (secondary N) is 1. The van der Waals surface area contributed by atoms with E-state index in [4.69, 9.17) is 5.21 Å². The zero-order valence-electron chi connectivity index (χ0n) is 5.26. The highest BCUT2D eigenvalue weighted by molar-refractivity contribution is 5.74. The highest BCUT2D eigenvalue weighted by Crippen LogP contribution is 2.03. The van der Waals surface area contributed by atoms with Crippen molar-refractivity contribution in [3.63, 3.8) is 0 Å². The Kier molecular flexibility index (Phi) is 1.81. The Morgan fingerprint density at radius 2 is 2.64 bits per heavy atom. The van der Waals surface area contributed by atoms with Crippen LogP contribution in [0.4, 0.5) is 5.82 Å². The summed E-state index contributed by atoms with van der Waals surface area (Å²) in [6, 6.07) is 0. The molecule has 0 atom stereocenters. The number of aromatic amines is 1. The van der Waals surface area contributed by atoms with Gasteiger partial charge in [0.15, 0.2) is 0 Å². The lowest BCUT2D eigenvalue weighted by Crippen LogP contribution is -1.88. The molecule has 0 spiro atoms. The normalized spacial score (nSPS) is 10.5. The predicted octanol–water partition coefficient (Wildman–Crippen LogP) is 0.126. The molecule has 0 aromatic carbocycles. The van der Waals surface area contributed by atoms with E-state index in [0.717, 1.165) is 12.4 Å². The van der Waals surface area contributed by atoms with Gasteiger partial charge in [-0.25, -0.2) is 9.97 Å². The summed E-state index contributed by atoms with van der Waals surface area (Å²) < 4.78 is 0. The molecule has 0 radical (unpaired) electrons. The molecule has 0 fully saturated rings. The Bertz CT molecular complexity index is 291. The highest BCUT2D eigenvalue weighted by Gasteiger charge is 2.06. The molecule has 0 unspecified atom stereocenters. The number of aromatic nitrogens is 2. The average molecular weight is 156 g/mol. The minimum Gasteiger partial charge on any atom is -0.411 e. The van der Waals surface area contributed by atoms with E-state index in [1.807, 2.05) is 0 Å². The van der Waals surface area contributed by atoms with Gasteiger partial charge in [0.05, 0.1) is 0 Å². The summed E-state index contributed by atoms with van der Waals surface area (Å²) >= 11 is 0. The average Bonchev–Trinajstić information content (AvgIpc) is 2.37. The van der Waals surface area contributed by atoms with Crippen LogP contribution in [-0.2, 0) is 0 Å². The van der Waals surface area contributed by atoms with Gasteiger partial charge in [-0.2, -0.15) is 0 Å². The predicted molar refractivity (Wildman–Crippen MR) is 34.6 cm³/mol. The first-order valence-corrected chi connectivity index (χ1v) is 2.61. The van der Waals surface area contributed by atoms with E-state index in [1.165, 1.54) is 0 Å². The van der Waals surface area contributed by atoms with Gasteiger partial charge in [-0.05, 0) is 4.92 Å². The molecule has 0 amide bonds. The fourth-order valence-corrected chi connectivity index (χ4v) is 0.540. The minimum atomic E-state index is -0.623. The molecule has 1 rings (SSSR count). The maximum Gasteiger partial charge on any atom is 0.340 e. The Morgan fingerprint density at radius 3 is 3.09 bits per heavy atom. The monoisotopic (exact) mass is 156 g/mol. The lowest BCUT2D eigenvalue weighted by Gasteiger charge is -1.84. The molecule has 7 heteroatoms. The van der Waals surface area contributed by atoms with Crippen molar-refractivity contribution in [2.75, 3.05) is 0 Å². The molecule has 0 saturated heterocycles. The molecule has 1 heterocycles. The van der Waals surface area contributed by atoms with Gasteiger partial charge in [0.25, 0.3) is 0 Å². The number of imidazole rings is 1. The third-order valence-corrected chi connectivity index (χ3v) is 0.959. The number of H-pyrrole nitrogens is 1. The van der Waals surface area contributed by atoms with Gasteiger partial charge < -0.3 is 15.3 Å². The van der Waals surface area contributed by atoms with E-state index in [9.17, 15) is 10.1 Å². The number of hydrogen-bond donors (Lipinski definition) is 2. The van der Waals surface area contributed by atoms with Gasteiger partial charge in [0.2, 0.25) is 5.82 Å². The standard InChI is InChI=1S/C4H4N4O3/c9-6-1-3-5-2-4(7-3)8(10)11/h1-2,9H,(H,5,7)/b6-1-. The summed E-state index contributed by atoms with van der Waals surface area (Å²) in [6.45, 7) is 0. The molecule has 0 aliphatic carbocycles. The van der Waals surface area contributed by atoms with E-state index in [0.29, 0.717) is 0 Å². The van der Waals surface area contributed by atoms with Gasteiger partial charge in [0, 0.05) is 0 Å². The first kappa shape index (κ1) is 7.19. The van der Waals surface area contributed by atoms with Crippen LogP contribution in [0.25, 0.3) is 0 Å². The summed E-state index contributed by atoms with van der Waals surface area (Å²) in [7, 11) is 0. The van der Waals surface area contributed by atoms with Crippen LogP contribution in [0.1, 0.15) is 5.82 Å². The van der Waals surface area contributed by atoms with Crippen LogP contribution >= 0.6 is 0 Å². The summed E-state index contributed by atoms with van der Waals surface area (Å²) in [4.78, 5) is 15.2. The van der Waals surface area contributed by atoms with Crippen LogP contribution in [0.2, 0.25) is 0 Å². The number of oxime groups is 1. The van der Waals surface area contributed by atoms with Crippen molar-refractivity contribution < 1.29 is 10.1 Å². The number of hydrogen-bond acceptors (Lipinski definition) is 5. The third kappa shape index (κ3) is 1.51. The van der Waals surface area contributed by atoms with Crippen LogP contribution in [0.5, 0.6) is 0 Å². The maximum atomic E-state index is 10.0. The van der Waals surface area contributed by atoms with E-state index in [1.54, 1.807) is 0 Å². The second kappa shape index (κ2) is 2.78. The van der Waals surface area contributed by atoms with Crippen molar-refractivity contribution in [1.82, 2.24) is 9.97 Å². The van der Waals surface area contributed by atoms with Crippen molar-refractivity contribution in [2.24, 2.45) is 5.16 Å². The van der Waals surface area contributed by atoms with Crippen LogP contribution < -0.4 is 0 Å². The third-order valence-electron chi connectivity index (χ3n) is 0.959. The van der Waals surface area contributed by atoms with Crippen molar-refractivity contribution in [1.29, 1.82) is 0 Å². The van der Waals surface area contributed by atoms with Gasteiger partial charge in [-0.1, -0.05) is 5.16 Å². The van der Waals surface area contributed by atoms with Gasteiger partial charge in [-0.15, -0.1) is 0 Å². The fraction of sp³-hybridized carbons (Fsp3) is 0. The second-order valence-corrected chi connectivity index (χ2v) is 1.66. The number of nitro groups is 1. The molecule has 58 valence electrons. The molecule has 0 bridgehead atoms. The largest absolute Gasteiger partial charge is 0.411 e. The van der Waals surface area contributed by atoms with Gasteiger partial charge in [-0.3, -0.25) is 0 Å². The number of nitrogens with zero attached hydrogens (tertiary/aromatic N) is 3. The van der Waals surface area contributed by atoms with E-state index < -0.39 is 4.92 Å². The first-order valence-electron chi connectivity index (χ1n) is 2.61. The molecule has 1 aromatic heterocycles. The maximum absolute atomic E-state index is 10.0. The van der Waals surface area contributed by atoms with Gasteiger partial charge >= 0.3 is 5.82 Å². The Morgan fingerprint density at radius 1 is 1.91 bits per heavy atom. The highest BCUT2D eigenvalue weighted by atomic mass is 16.6. The quantitative estimate of drug-likeness (QED) is 0.274. The van der Waals surface area contributed by atoms with Crippen molar-refractivity contribution in [3.05, 3.63) is 22.1 Å². The number of rotatable bonds is 2. The van der Waals surface area contributed by atoms with Gasteiger partial charge in [0.1, 0.15) is 12.4 Å². The summed E-state index contributed by atoms with van der Waals surface area (Å²) in [5, 5.41) is 20.7. The van der Waals surface area contributed by atoms with Crippen LogP contribution in [0, 0.1) is 10.1 Å². The zero-order chi connectivity index (χ0) is 8.27. The van der Waals surface area contributed by atoms with E-state index >= 15 is 0 Å². The molecule has 2 N–H and O–H groups in total. The Hall–Kier alpha value is -1.92.